The van der Waals surface area contributed by atoms with Gasteiger partial charge in [0.05, 0.1) is 12.0 Å². The zero-order valence-corrected chi connectivity index (χ0v) is 18.6. The number of nitrogens with zero attached hydrogens (tertiary/aromatic N) is 1. The number of benzene rings is 3. The van der Waals surface area contributed by atoms with Crippen LogP contribution in [-0.4, -0.2) is 30.4 Å². The Balaban J connectivity index is 1.84. The van der Waals surface area contributed by atoms with Crippen molar-refractivity contribution in [2.75, 3.05) is 7.11 Å². The van der Waals surface area contributed by atoms with E-state index < -0.39 is 22.5 Å². The predicted molar refractivity (Wildman–Crippen MR) is 121 cm³/mol. The first-order valence-corrected chi connectivity index (χ1v) is 10.3. The molecular weight excluding hydrogens is 458 g/mol. The summed E-state index contributed by atoms with van der Waals surface area (Å²) in [6, 6.07) is 19.6. The SMILES string of the molecule is COc1ccc(COC(=O)C(OC=O)(C(=O)OCc2ccc([N+](=O)[O-])cc2)c2ccccc2)cc1. The van der Waals surface area contributed by atoms with Gasteiger partial charge in [-0.3, -0.25) is 14.9 Å². The highest BCUT2D eigenvalue weighted by Gasteiger charge is 2.54. The van der Waals surface area contributed by atoms with Gasteiger partial charge in [-0.05, 0) is 35.4 Å². The second-order valence-corrected chi connectivity index (χ2v) is 7.19. The van der Waals surface area contributed by atoms with Crippen LogP contribution in [0.3, 0.4) is 0 Å². The molecule has 10 nitrogen and oxygen atoms in total. The van der Waals surface area contributed by atoms with Gasteiger partial charge in [-0.15, -0.1) is 0 Å². The number of hydrogen-bond acceptors (Lipinski definition) is 9. The summed E-state index contributed by atoms with van der Waals surface area (Å²) >= 11 is 0. The Hall–Kier alpha value is -4.73. The van der Waals surface area contributed by atoms with Gasteiger partial charge in [0.1, 0.15) is 19.0 Å². The van der Waals surface area contributed by atoms with Crippen molar-refractivity contribution in [3.05, 3.63) is 106 Å². The van der Waals surface area contributed by atoms with Gasteiger partial charge in [0.25, 0.3) is 12.2 Å². The summed E-state index contributed by atoms with van der Waals surface area (Å²) in [6.45, 7) is -0.580. The van der Waals surface area contributed by atoms with E-state index in [0.29, 0.717) is 16.9 Å². The number of nitro groups is 1. The smallest absolute Gasteiger partial charge is 0.367 e. The van der Waals surface area contributed by atoms with E-state index in [1.807, 2.05) is 0 Å². The molecular formula is C25H21NO9. The van der Waals surface area contributed by atoms with Gasteiger partial charge in [-0.2, -0.15) is 0 Å². The second kappa shape index (κ2) is 11.4. The number of methoxy groups -OCH3 is 1. The number of ether oxygens (including phenoxy) is 4. The van der Waals surface area contributed by atoms with E-state index in [4.69, 9.17) is 18.9 Å². The van der Waals surface area contributed by atoms with Gasteiger partial charge in [-0.1, -0.05) is 42.5 Å². The molecule has 0 saturated carbocycles. The lowest BCUT2D eigenvalue weighted by molar-refractivity contribution is -0.384. The summed E-state index contributed by atoms with van der Waals surface area (Å²) in [5, 5.41) is 10.8. The number of hydrogen-bond donors (Lipinski definition) is 0. The molecule has 1 unspecified atom stereocenters. The van der Waals surface area contributed by atoms with Crippen LogP contribution in [0.5, 0.6) is 5.75 Å². The van der Waals surface area contributed by atoms with Crippen LogP contribution >= 0.6 is 0 Å². The Labute approximate surface area is 200 Å². The lowest BCUT2D eigenvalue weighted by atomic mass is 9.93. The van der Waals surface area contributed by atoms with Crippen molar-refractivity contribution in [2.45, 2.75) is 18.8 Å². The first kappa shape index (κ1) is 24.9. The molecule has 3 aromatic carbocycles. The van der Waals surface area contributed by atoms with Gasteiger partial charge in [0, 0.05) is 17.7 Å². The summed E-state index contributed by atoms with van der Waals surface area (Å²) in [6.07, 6.45) is 0. The highest BCUT2D eigenvalue weighted by molar-refractivity contribution is 6.05. The first-order valence-electron chi connectivity index (χ1n) is 10.3. The summed E-state index contributed by atoms with van der Waals surface area (Å²) in [5.74, 6) is -1.73. The lowest BCUT2D eigenvalue weighted by Gasteiger charge is -2.27. The summed E-state index contributed by atoms with van der Waals surface area (Å²) in [4.78, 5) is 48.1. The van der Waals surface area contributed by atoms with Gasteiger partial charge in [0.2, 0.25) is 0 Å². The third-order valence-electron chi connectivity index (χ3n) is 5.03. The molecule has 1 atom stereocenters. The van der Waals surface area contributed by atoms with Crippen molar-refractivity contribution < 1.29 is 38.3 Å². The Kier molecular flexibility index (Phi) is 8.12. The van der Waals surface area contributed by atoms with Crippen molar-refractivity contribution >= 4 is 24.1 Å². The van der Waals surface area contributed by atoms with E-state index in [2.05, 4.69) is 0 Å². The Morgan fingerprint density at radius 1 is 0.857 bits per heavy atom. The van der Waals surface area contributed by atoms with E-state index in [0.717, 1.165) is 0 Å². The molecule has 0 spiro atoms. The molecule has 3 rings (SSSR count). The molecule has 0 bridgehead atoms. The average molecular weight is 479 g/mol. The maximum Gasteiger partial charge on any atom is 0.367 e. The van der Waals surface area contributed by atoms with Crippen LogP contribution in [0.4, 0.5) is 5.69 Å². The van der Waals surface area contributed by atoms with Crippen molar-refractivity contribution in [3.63, 3.8) is 0 Å². The molecule has 0 aliphatic rings. The minimum Gasteiger partial charge on any atom is -0.497 e. The van der Waals surface area contributed by atoms with Crippen molar-refractivity contribution in [1.29, 1.82) is 0 Å². The van der Waals surface area contributed by atoms with Gasteiger partial charge in [0.15, 0.2) is 0 Å². The number of carbonyl (C=O) groups excluding carboxylic acids is 3. The molecule has 0 N–H and O–H groups in total. The molecule has 0 heterocycles. The highest BCUT2D eigenvalue weighted by atomic mass is 16.6. The van der Waals surface area contributed by atoms with Gasteiger partial charge in [-0.25, -0.2) is 9.59 Å². The molecule has 0 aromatic heterocycles. The lowest BCUT2D eigenvalue weighted by Crippen LogP contribution is -2.48. The molecule has 0 saturated heterocycles. The minimum atomic E-state index is -2.52. The highest BCUT2D eigenvalue weighted by Crippen LogP contribution is 2.30. The summed E-state index contributed by atoms with van der Waals surface area (Å²) in [7, 11) is 1.52. The van der Waals surface area contributed by atoms with Gasteiger partial charge < -0.3 is 18.9 Å². The zero-order chi connectivity index (χ0) is 25.3. The number of esters is 2. The summed E-state index contributed by atoms with van der Waals surface area (Å²) < 4.78 is 20.8. The summed E-state index contributed by atoms with van der Waals surface area (Å²) in [5.41, 5.74) is -1.60. The zero-order valence-electron chi connectivity index (χ0n) is 18.6. The molecule has 3 aromatic rings. The van der Waals surface area contributed by atoms with E-state index in [1.54, 1.807) is 42.5 Å². The number of nitro benzene ring substituents is 1. The molecule has 0 radical (unpaired) electrons. The van der Waals surface area contributed by atoms with Crippen molar-refractivity contribution in [3.8, 4) is 5.75 Å². The van der Waals surface area contributed by atoms with Crippen LogP contribution in [0.15, 0.2) is 78.9 Å². The van der Waals surface area contributed by atoms with Crippen LogP contribution < -0.4 is 4.74 Å². The van der Waals surface area contributed by atoms with Crippen molar-refractivity contribution in [1.82, 2.24) is 0 Å². The molecule has 0 fully saturated rings. The largest absolute Gasteiger partial charge is 0.497 e. The second-order valence-electron chi connectivity index (χ2n) is 7.19. The van der Waals surface area contributed by atoms with Crippen LogP contribution in [0.2, 0.25) is 0 Å². The minimum absolute atomic E-state index is 0.0283. The predicted octanol–water partition coefficient (Wildman–Crippen LogP) is 3.46. The molecule has 0 aliphatic carbocycles. The van der Waals surface area contributed by atoms with Crippen LogP contribution in [0.1, 0.15) is 16.7 Å². The quantitative estimate of drug-likeness (QED) is 0.101. The van der Waals surface area contributed by atoms with Gasteiger partial charge >= 0.3 is 17.5 Å². The fraction of sp³-hybridized carbons (Fsp3) is 0.160. The third-order valence-corrected chi connectivity index (χ3v) is 5.03. The molecule has 180 valence electrons. The van der Waals surface area contributed by atoms with E-state index in [9.17, 15) is 24.5 Å². The topological polar surface area (TPSA) is 131 Å². The average Bonchev–Trinajstić information content (AvgIpc) is 2.90. The fourth-order valence-corrected chi connectivity index (χ4v) is 3.17. The standard InChI is InChI=1S/C25H21NO9/c1-32-22-13-9-19(10-14-22)16-34-24(29)25(35-17-27,20-5-3-2-4-6-20)23(28)33-15-18-7-11-21(12-8-18)26(30)31/h2-14,17H,15-16H2,1H3. The normalized spacial score (nSPS) is 12.0. The number of non-ortho nitro benzene ring substituents is 1. The van der Waals surface area contributed by atoms with Crippen LogP contribution in [0, 0.1) is 10.1 Å². The maximum atomic E-state index is 13.2. The third kappa shape index (κ3) is 5.80. The molecule has 10 heteroatoms. The van der Waals surface area contributed by atoms with Crippen LogP contribution in [0.25, 0.3) is 0 Å². The Morgan fingerprint density at radius 2 is 1.37 bits per heavy atom. The monoisotopic (exact) mass is 479 g/mol. The fourth-order valence-electron chi connectivity index (χ4n) is 3.17. The first-order chi connectivity index (χ1) is 16.9. The van der Waals surface area contributed by atoms with Crippen LogP contribution in [-0.2, 0) is 47.4 Å². The molecule has 0 aliphatic heterocycles. The van der Waals surface area contributed by atoms with Crippen molar-refractivity contribution in [2.24, 2.45) is 0 Å². The number of rotatable bonds is 11. The van der Waals surface area contributed by atoms with E-state index >= 15 is 0 Å². The molecule has 35 heavy (non-hydrogen) atoms. The number of carbonyl (C=O) groups is 3. The van der Waals surface area contributed by atoms with E-state index in [1.165, 1.54) is 43.5 Å². The Morgan fingerprint density at radius 3 is 1.83 bits per heavy atom. The molecule has 0 amide bonds. The van der Waals surface area contributed by atoms with E-state index in [-0.39, 0.29) is 30.9 Å². The maximum absolute atomic E-state index is 13.2. The Bertz CT molecular complexity index is 1180.